The summed E-state index contributed by atoms with van der Waals surface area (Å²) in [6.45, 7) is 4.12. The van der Waals surface area contributed by atoms with Gasteiger partial charge in [-0.15, -0.1) is 0 Å². The zero-order valence-electron chi connectivity index (χ0n) is 14.7. The van der Waals surface area contributed by atoms with Gasteiger partial charge >= 0.3 is 6.03 Å². The Morgan fingerprint density at radius 1 is 0.880 bits per heavy atom. The van der Waals surface area contributed by atoms with Gasteiger partial charge in [-0.3, -0.25) is 0 Å². The van der Waals surface area contributed by atoms with E-state index in [1.807, 2.05) is 49.4 Å². The third kappa shape index (κ3) is 7.61. The van der Waals surface area contributed by atoms with Gasteiger partial charge in [-0.25, -0.2) is 4.79 Å². The highest BCUT2D eigenvalue weighted by Crippen LogP contribution is 2.17. The number of benzene rings is 2. The Hall–Kier alpha value is -2.69. The molecule has 2 aromatic carbocycles. The van der Waals surface area contributed by atoms with Crippen LogP contribution in [-0.2, 0) is 6.42 Å². The first kappa shape index (κ1) is 18.6. The van der Waals surface area contributed by atoms with Gasteiger partial charge in [-0.1, -0.05) is 30.3 Å². The molecule has 5 heteroatoms. The van der Waals surface area contributed by atoms with Crippen molar-refractivity contribution < 1.29 is 14.3 Å². The van der Waals surface area contributed by atoms with Crippen LogP contribution in [0.15, 0.2) is 54.6 Å². The van der Waals surface area contributed by atoms with Crippen molar-refractivity contribution in [1.29, 1.82) is 0 Å². The summed E-state index contributed by atoms with van der Waals surface area (Å²) in [4.78, 5) is 11.7. The van der Waals surface area contributed by atoms with Crippen LogP contribution in [0.5, 0.6) is 11.5 Å². The van der Waals surface area contributed by atoms with Crippen LogP contribution in [0.4, 0.5) is 4.79 Å². The molecular formula is C20H26N2O3. The van der Waals surface area contributed by atoms with E-state index in [-0.39, 0.29) is 6.03 Å². The molecule has 134 valence electrons. The number of hydrogen-bond donors (Lipinski definition) is 2. The third-order valence-electron chi connectivity index (χ3n) is 3.56. The summed E-state index contributed by atoms with van der Waals surface area (Å²) in [5, 5.41) is 5.63. The van der Waals surface area contributed by atoms with Gasteiger partial charge in [0.1, 0.15) is 18.1 Å². The van der Waals surface area contributed by atoms with Gasteiger partial charge < -0.3 is 20.1 Å². The minimum absolute atomic E-state index is 0.164. The van der Waals surface area contributed by atoms with Crippen molar-refractivity contribution in [1.82, 2.24) is 10.6 Å². The molecule has 2 rings (SSSR count). The van der Waals surface area contributed by atoms with Crippen LogP contribution in [0.25, 0.3) is 0 Å². The summed E-state index contributed by atoms with van der Waals surface area (Å²) < 4.78 is 10.9. The molecule has 0 atom stereocenters. The molecular weight excluding hydrogens is 316 g/mol. The van der Waals surface area contributed by atoms with E-state index in [0.29, 0.717) is 26.3 Å². The molecule has 0 aliphatic heterocycles. The lowest BCUT2D eigenvalue weighted by molar-refractivity contribution is 0.236. The van der Waals surface area contributed by atoms with Crippen LogP contribution >= 0.6 is 0 Å². The molecule has 0 spiro atoms. The number of carbonyl (C=O) groups excluding carboxylic acids is 1. The van der Waals surface area contributed by atoms with Crippen molar-refractivity contribution in [2.24, 2.45) is 0 Å². The molecule has 2 N–H and O–H groups in total. The number of urea groups is 1. The van der Waals surface area contributed by atoms with Crippen molar-refractivity contribution in [3.05, 3.63) is 60.2 Å². The molecule has 2 amide bonds. The lowest BCUT2D eigenvalue weighted by Crippen LogP contribution is -2.38. The van der Waals surface area contributed by atoms with Crippen LogP contribution in [0.1, 0.15) is 18.9 Å². The third-order valence-corrected chi connectivity index (χ3v) is 3.56. The molecule has 25 heavy (non-hydrogen) atoms. The second-order valence-electron chi connectivity index (χ2n) is 5.52. The first-order valence-corrected chi connectivity index (χ1v) is 8.69. The summed E-state index contributed by atoms with van der Waals surface area (Å²) >= 11 is 0. The van der Waals surface area contributed by atoms with Gasteiger partial charge in [0, 0.05) is 6.54 Å². The van der Waals surface area contributed by atoms with Gasteiger partial charge in [0.25, 0.3) is 0 Å². The second-order valence-corrected chi connectivity index (χ2v) is 5.52. The highest BCUT2D eigenvalue weighted by atomic mass is 16.5. The van der Waals surface area contributed by atoms with Gasteiger partial charge in [0.15, 0.2) is 0 Å². The van der Waals surface area contributed by atoms with Gasteiger partial charge in [-0.2, -0.15) is 0 Å². The second kappa shape index (κ2) is 11.0. The number of ether oxygens (including phenoxy) is 2. The van der Waals surface area contributed by atoms with Crippen molar-refractivity contribution in [3.63, 3.8) is 0 Å². The Labute approximate surface area is 149 Å². The van der Waals surface area contributed by atoms with Gasteiger partial charge in [0.2, 0.25) is 0 Å². The lowest BCUT2D eigenvalue weighted by Gasteiger charge is -2.10. The minimum Gasteiger partial charge on any atom is -0.494 e. The fourth-order valence-corrected chi connectivity index (χ4v) is 2.33. The molecule has 0 aromatic heterocycles. The van der Waals surface area contributed by atoms with E-state index in [4.69, 9.17) is 9.47 Å². The standard InChI is InChI=1S/C20H26N2O3/c1-2-24-18-10-12-19(13-11-18)25-16-15-22-20(23)21-14-6-9-17-7-4-3-5-8-17/h3-5,7-8,10-13H,2,6,9,14-16H2,1H3,(H2,21,22,23). The average molecular weight is 342 g/mol. The molecule has 0 bridgehead atoms. The van der Waals surface area contributed by atoms with Crippen molar-refractivity contribution in [2.75, 3.05) is 26.3 Å². The summed E-state index contributed by atoms with van der Waals surface area (Å²) in [5.41, 5.74) is 1.29. The maximum absolute atomic E-state index is 11.7. The Bertz CT molecular complexity index is 615. The number of nitrogens with one attached hydrogen (secondary N) is 2. The monoisotopic (exact) mass is 342 g/mol. The topological polar surface area (TPSA) is 59.6 Å². The Morgan fingerprint density at radius 3 is 2.20 bits per heavy atom. The molecule has 0 saturated heterocycles. The summed E-state index contributed by atoms with van der Waals surface area (Å²) in [7, 11) is 0. The molecule has 0 unspecified atom stereocenters. The molecule has 0 aliphatic rings. The smallest absolute Gasteiger partial charge is 0.314 e. The zero-order valence-corrected chi connectivity index (χ0v) is 14.7. The largest absolute Gasteiger partial charge is 0.494 e. The van der Waals surface area contributed by atoms with Crippen molar-refractivity contribution in [3.8, 4) is 11.5 Å². The highest BCUT2D eigenvalue weighted by Gasteiger charge is 2.00. The summed E-state index contributed by atoms with van der Waals surface area (Å²) in [6, 6.07) is 17.5. The number of amides is 2. The van der Waals surface area contributed by atoms with Crippen LogP contribution in [0.2, 0.25) is 0 Å². The van der Waals surface area contributed by atoms with Crippen LogP contribution in [-0.4, -0.2) is 32.3 Å². The van der Waals surface area contributed by atoms with Gasteiger partial charge in [-0.05, 0) is 49.6 Å². The van der Waals surface area contributed by atoms with Crippen molar-refractivity contribution in [2.45, 2.75) is 19.8 Å². The van der Waals surface area contributed by atoms with Crippen LogP contribution in [0.3, 0.4) is 0 Å². The Kier molecular flexibility index (Phi) is 8.18. The molecule has 0 saturated carbocycles. The predicted molar refractivity (Wildman–Crippen MR) is 99.3 cm³/mol. The molecule has 2 aromatic rings. The fourth-order valence-electron chi connectivity index (χ4n) is 2.33. The molecule has 5 nitrogen and oxygen atoms in total. The highest BCUT2D eigenvalue weighted by molar-refractivity contribution is 5.73. The first-order chi connectivity index (χ1) is 12.3. The number of rotatable bonds is 10. The van der Waals surface area contributed by atoms with Crippen LogP contribution < -0.4 is 20.1 Å². The summed E-state index contributed by atoms with van der Waals surface area (Å²) in [5.74, 6) is 1.58. The number of hydrogen-bond acceptors (Lipinski definition) is 3. The maximum atomic E-state index is 11.7. The summed E-state index contributed by atoms with van der Waals surface area (Å²) in [6.07, 6.45) is 1.88. The molecule has 0 radical (unpaired) electrons. The normalized spacial score (nSPS) is 10.1. The van der Waals surface area contributed by atoms with E-state index in [0.717, 1.165) is 24.3 Å². The van der Waals surface area contributed by atoms with E-state index in [1.54, 1.807) is 0 Å². The van der Waals surface area contributed by atoms with E-state index in [1.165, 1.54) is 5.56 Å². The Morgan fingerprint density at radius 2 is 1.52 bits per heavy atom. The van der Waals surface area contributed by atoms with E-state index in [2.05, 4.69) is 22.8 Å². The maximum Gasteiger partial charge on any atom is 0.314 e. The zero-order chi connectivity index (χ0) is 17.7. The molecule has 0 fully saturated rings. The van der Waals surface area contributed by atoms with Crippen molar-refractivity contribution >= 4 is 6.03 Å². The van der Waals surface area contributed by atoms with E-state index < -0.39 is 0 Å². The minimum atomic E-state index is -0.164. The van der Waals surface area contributed by atoms with Gasteiger partial charge in [0.05, 0.1) is 13.2 Å². The lowest BCUT2D eigenvalue weighted by atomic mass is 10.1. The predicted octanol–water partition coefficient (Wildman–Crippen LogP) is 3.40. The van der Waals surface area contributed by atoms with E-state index in [9.17, 15) is 4.79 Å². The SMILES string of the molecule is CCOc1ccc(OCCNC(=O)NCCCc2ccccc2)cc1. The number of carbonyl (C=O) groups is 1. The molecule has 0 aliphatic carbocycles. The quantitative estimate of drug-likeness (QED) is 0.651. The number of aryl methyl sites for hydroxylation is 1. The average Bonchev–Trinajstić information content (AvgIpc) is 2.65. The fraction of sp³-hybridized carbons (Fsp3) is 0.350. The first-order valence-electron chi connectivity index (χ1n) is 8.69. The van der Waals surface area contributed by atoms with Crippen LogP contribution in [0, 0.1) is 0 Å². The van der Waals surface area contributed by atoms with E-state index >= 15 is 0 Å². The molecule has 0 heterocycles. The Balaban J connectivity index is 1.51.